The maximum Gasteiger partial charge on any atom is -0.0205 e. The molecule has 0 aromatic heterocycles. The molecule has 0 heteroatoms. The average Bonchev–Trinajstić information content (AvgIpc) is 2.10. The van der Waals surface area contributed by atoms with Gasteiger partial charge >= 0.3 is 0 Å². The summed E-state index contributed by atoms with van der Waals surface area (Å²) in [6.45, 7) is 6.81. The Labute approximate surface area is 76.4 Å². The average molecular weight is 164 g/mol. The molecule has 0 amide bonds. The highest BCUT2D eigenvalue weighted by atomic mass is 14.2. The summed E-state index contributed by atoms with van der Waals surface area (Å²) in [5.74, 6) is 0.842. The van der Waals surface area contributed by atoms with Crippen molar-refractivity contribution < 1.29 is 0 Å². The summed E-state index contributed by atoms with van der Waals surface area (Å²) in [5, 5.41) is 0. The smallest absolute Gasteiger partial charge is 0.0205 e. The van der Waals surface area contributed by atoms with Crippen LogP contribution in [0.1, 0.15) is 46.5 Å². The molecule has 0 spiro atoms. The van der Waals surface area contributed by atoms with E-state index in [0.29, 0.717) is 0 Å². The van der Waals surface area contributed by atoms with E-state index in [1.807, 2.05) is 0 Å². The Kier molecular flexibility index (Phi) is 3.58. The molecule has 68 valence electrons. The van der Waals surface area contributed by atoms with Crippen LogP contribution in [0.5, 0.6) is 0 Å². The second-order valence-electron chi connectivity index (χ2n) is 3.77. The Balaban J connectivity index is 2.63. The van der Waals surface area contributed by atoms with Gasteiger partial charge in [-0.05, 0) is 38.5 Å². The van der Waals surface area contributed by atoms with Crippen molar-refractivity contribution in [2.24, 2.45) is 5.92 Å². The highest BCUT2D eigenvalue weighted by Crippen LogP contribution is 2.27. The van der Waals surface area contributed by atoms with Gasteiger partial charge in [0.2, 0.25) is 0 Å². The lowest BCUT2D eigenvalue weighted by Gasteiger charge is -2.19. The van der Waals surface area contributed by atoms with Crippen LogP contribution in [0, 0.1) is 5.92 Å². The molecule has 0 nitrogen and oxygen atoms in total. The van der Waals surface area contributed by atoms with Gasteiger partial charge in [0.15, 0.2) is 0 Å². The van der Waals surface area contributed by atoms with Crippen molar-refractivity contribution >= 4 is 0 Å². The molecular weight excluding hydrogens is 144 g/mol. The molecule has 0 aromatic carbocycles. The van der Waals surface area contributed by atoms with E-state index in [2.05, 4.69) is 32.9 Å². The first-order valence-corrected chi connectivity index (χ1v) is 5.14. The lowest BCUT2D eigenvalue weighted by Crippen LogP contribution is -2.04. The van der Waals surface area contributed by atoms with E-state index in [4.69, 9.17) is 0 Å². The largest absolute Gasteiger partial charge is 0.0730 e. The number of allylic oxidation sites excluding steroid dienone is 4. The fourth-order valence-electron chi connectivity index (χ4n) is 1.91. The van der Waals surface area contributed by atoms with E-state index in [0.717, 1.165) is 5.92 Å². The second-order valence-corrected chi connectivity index (χ2v) is 3.77. The molecule has 0 aromatic rings. The lowest BCUT2D eigenvalue weighted by atomic mass is 9.86. The molecular formula is C12H20. The van der Waals surface area contributed by atoms with Crippen molar-refractivity contribution in [3.05, 3.63) is 23.3 Å². The molecule has 0 N–H and O–H groups in total. The Bertz CT molecular complexity index is 192. The third-order valence-electron chi connectivity index (χ3n) is 2.90. The molecule has 0 aliphatic heterocycles. The molecule has 0 atom stereocenters. The zero-order chi connectivity index (χ0) is 8.97. The van der Waals surface area contributed by atoms with Crippen molar-refractivity contribution in [2.45, 2.75) is 46.5 Å². The first-order chi connectivity index (χ1) is 5.77. The van der Waals surface area contributed by atoms with Crippen LogP contribution < -0.4 is 0 Å². The maximum atomic E-state index is 2.34. The Morgan fingerprint density at radius 3 is 2.25 bits per heavy atom. The van der Waals surface area contributed by atoms with Gasteiger partial charge < -0.3 is 0 Å². The molecule has 0 bridgehead atoms. The summed E-state index contributed by atoms with van der Waals surface area (Å²) in [5.41, 5.74) is 3.20. The molecule has 1 aliphatic carbocycles. The van der Waals surface area contributed by atoms with Gasteiger partial charge in [0, 0.05) is 0 Å². The van der Waals surface area contributed by atoms with E-state index in [1.54, 1.807) is 5.57 Å². The van der Waals surface area contributed by atoms with E-state index in [9.17, 15) is 0 Å². The van der Waals surface area contributed by atoms with Gasteiger partial charge in [0.25, 0.3) is 0 Å². The van der Waals surface area contributed by atoms with Crippen LogP contribution in [0.2, 0.25) is 0 Å². The van der Waals surface area contributed by atoms with E-state index in [1.165, 1.54) is 31.3 Å². The normalized spacial score (nSPS) is 17.7. The van der Waals surface area contributed by atoms with Crippen LogP contribution in [0.25, 0.3) is 0 Å². The number of rotatable bonds is 3. The minimum atomic E-state index is 0.842. The minimum absolute atomic E-state index is 0.842. The number of hydrogen-bond acceptors (Lipinski definition) is 0. The van der Waals surface area contributed by atoms with Gasteiger partial charge in [-0.15, -0.1) is 0 Å². The fraction of sp³-hybridized carbons (Fsp3) is 0.667. The van der Waals surface area contributed by atoms with E-state index < -0.39 is 0 Å². The SMILES string of the molecule is CCC(CC)C1=CC=C(C)CC1. The molecule has 0 fully saturated rings. The maximum absolute atomic E-state index is 2.34. The summed E-state index contributed by atoms with van der Waals surface area (Å²) in [6.07, 6.45) is 9.81. The monoisotopic (exact) mass is 164 g/mol. The van der Waals surface area contributed by atoms with Crippen molar-refractivity contribution in [3.63, 3.8) is 0 Å². The Morgan fingerprint density at radius 1 is 1.17 bits per heavy atom. The quantitative estimate of drug-likeness (QED) is 0.589. The summed E-state index contributed by atoms with van der Waals surface area (Å²) < 4.78 is 0. The summed E-state index contributed by atoms with van der Waals surface area (Å²) in [4.78, 5) is 0. The van der Waals surface area contributed by atoms with Gasteiger partial charge in [0.1, 0.15) is 0 Å². The Hall–Kier alpha value is -0.520. The van der Waals surface area contributed by atoms with Crippen LogP contribution in [0.3, 0.4) is 0 Å². The first kappa shape index (κ1) is 9.57. The molecule has 0 saturated heterocycles. The van der Waals surface area contributed by atoms with Gasteiger partial charge in [0.05, 0.1) is 0 Å². The van der Waals surface area contributed by atoms with Crippen molar-refractivity contribution in [3.8, 4) is 0 Å². The van der Waals surface area contributed by atoms with E-state index >= 15 is 0 Å². The van der Waals surface area contributed by atoms with Crippen molar-refractivity contribution in [1.82, 2.24) is 0 Å². The van der Waals surface area contributed by atoms with E-state index in [-0.39, 0.29) is 0 Å². The van der Waals surface area contributed by atoms with Gasteiger partial charge in [-0.2, -0.15) is 0 Å². The topological polar surface area (TPSA) is 0 Å². The van der Waals surface area contributed by atoms with Crippen LogP contribution in [-0.4, -0.2) is 0 Å². The van der Waals surface area contributed by atoms with Gasteiger partial charge in [-0.3, -0.25) is 0 Å². The van der Waals surface area contributed by atoms with Crippen LogP contribution >= 0.6 is 0 Å². The summed E-state index contributed by atoms with van der Waals surface area (Å²) in [6, 6.07) is 0. The van der Waals surface area contributed by atoms with Crippen molar-refractivity contribution in [2.75, 3.05) is 0 Å². The fourth-order valence-corrected chi connectivity index (χ4v) is 1.91. The van der Waals surface area contributed by atoms with Crippen LogP contribution in [0.4, 0.5) is 0 Å². The zero-order valence-electron chi connectivity index (χ0n) is 8.56. The zero-order valence-corrected chi connectivity index (χ0v) is 8.56. The lowest BCUT2D eigenvalue weighted by molar-refractivity contribution is 0.546. The molecule has 0 heterocycles. The standard InChI is InChI=1S/C12H20/c1-4-11(5-2)12-8-6-10(3)7-9-12/h6,8,11H,4-5,7,9H2,1-3H3. The minimum Gasteiger partial charge on any atom is -0.0730 e. The number of hydrogen-bond donors (Lipinski definition) is 0. The van der Waals surface area contributed by atoms with Crippen LogP contribution in [0.15, 0.2) is 23.3 Å². The predicted molar refractivity (Wildman–Crippen MR) is 55.1 cm³/mol. The molecule has 0 unspecified atom stereocenters. The molecule has 1 rings (SSSR count). The molecule has 0 saturated carbocycles. The van der Waals surface area contributed by atoms with Crippen LogP contribution in [-0.2, 0) is 0 Å². The predicted octanol–water partition coefficient (Wildman–Crippen LogP) is 4.09. The summed E-state index contributed by atoms with van der Waals surface area (Å²) >= 11 is 0. The highest BCUT2D eigenvalue weighted by molar-refractivity contribution is 5.24. The molecule has 12 heavy (non-hydrogen) atoms. The van der Waals surface area contributed by atoms with Crippen molar-refractivity contribution in [1.29, 1.82) is 0 Å². The molecule has 1 aliphatic rings. The third kappa shape index (κ3) is 2.23. The highest BCUT2D eigenvalue weighted by Gasteiger charge is 2.11. The second kappa shape index (κ2) is 4.49. The Morgan fingerprint density at radius 2 is 1.83 bits per heavy atom. The summed E-state index contributed by atoms with van der Waals surface area (Å²) in [7, 11) is 0. The first-order valence-electron chi connectivity index (χ1n) is 5.14. The molecule has 0 radical (unpaired) electrons. The van der Waals surface area contributed by atoms with Gasteiger partial charge in [-0.25, -0.2) is 0 Å². The van der Waals surface area contributed by atoms with Gasteiger partial charge in [-0.1, -0.05) is 37.1 Å². The third-order valence-corrected chi connectivity index (χ3v) is 2.90.